The van der Waals surface area contributed by atoms with Crippen LogP contribution >= 0.6 is 15.9 Å². The Labute approximate surface area is 128 Å². The van der Waals surface area contributed by atoms with Gasteiger partial charge in [0.25, 0.3) is 11.6 Å². The lowest BCUT2D eigenvalue weighted by atomic mass is 10.1. The summed E-state index contributed by atoms with van der Waals surface area (Å²) in [5.74, 6) is -1.03. The molecule has 0 bridgehead atoms. The lowest BCUT2D eigenvalue weighted by molar-refractivity contribution is -0.385. The summed E-state index contributed by atoms with van der Waals surface area (Å²) in [4.78, 5) is 22.2. The van der Waals surface area contributed by atoms with Gasteiger partial charge in [-0.25, -0.2) is 4.39 Å². The van der Waals surface area contributed by atoms with E-state index >= 15 is 0 Å². The molecule has 1 N–H and O–H groups in total. The molecule has 21 heavy (non-hydrogen) atoms. The molecule has 108 valence electrons. The third-order valence-corrected chi connectivity index (χ3v) is 3.48. The summed E-state index contributed by atoms with van der Waals surface area (Å²) < 4.78 is 13.7. The number of hydrogen-bond acceptors (Lipinski definition) is 3. The van der Waals surface area contributed by atoms with E-state index in [0.29, 0.717) is 11.3 Å². The third-order valence-electron chi connectivity index (χ3n) is 2.83. The maximum absolute atomic E-state index is 13.4. The maximum Gasteiger partial charge on any atom is 0.272 e. The lowest BCUT2D eigenvalue weighted by Crippen LogP contribution is -2.12. The maximum atomic E-state index is 13.4. The van der Waals surface area contributed by atoms with Crippen LogP contribution in [0.15, 0.2) is 40.9 Å². The zero-order valence-electron chi connectivity index (χ0n) is 10.9. The van der Waals surface area contributed by atoms with Crippen LogP contribution in [0.1, 0.15) is 15.9 Å². The Morgan fingerprint density at radius 2 is 2.00 bits per heavy atom. The molecule has 2 aromatic rings. The molecule has 0 spiro atoms. The molecule has 5 nitrogen and oxygen atoms in total. The first-order valence-corrected chi connectivity index (χ1v) is 6.69. The summed E-state index contributed by atoms with van der Waals surface area (Å²) in [6.45, 7) is 1.58. The van der Waals surface area contributed by atoms with Gasteiger partial charge in [0.15, 0.2) is 0 Å². The molecule has 0 saturated carbocycles. The van der Waals surface area contributed by atoms with Crippen LogP contribution in [0.4, 0.5) is 15.8 Å². The second-order valence-electron chi connectivity index (χ2n) is 4.34. The summed E-state index contributed by atoms with van der Waals surface area (Å²) in [5, 5.41) is 13.3. The van der Waals surface area contributed by atoms with E-state index in [2.05, 4.69) is 21.2 Å². The van der Waals surface area contributed by atoms with Crippen LogP contribution < -0.4 is 5.32 Å². The first-order chi connectivity index (χ1) is 9.88. The number of hydrogen-bond donors (Lipinski definition) is 1. The van der Waals surface area contributed by atoms with Crippen molar-refractivity contribution in [3.8, 4) is 0 Å². The second-order valence-corrected chi connectivity index (χ2v) is 5.20. The molecule has 0 aliphatic rings. The Morgan fingerprint density at radius 1 is 1.29 bits per heavy atom. The van der Waals surface area contributed by atoms with Crippen LogP contribution in [0.5, 0.6) is 0 Å². The van der Waals surface area contributed by atoms with Gasteiger partial charge >= 0.3 is 0 Å². The van der Waals surface area contributed by atoms with Crippen molar-refractivity contribution in [3.05, 3.63) is 67.9 Å². The van der Waals surface area contributed by atoms with Gasteiger partial charge < -0.3 is 5.32 Å². The first-order valence-electron chi connectivity index (χ1n) is 5.90. The van der Waals surface area contributed by atoms with Crippen LogP contribution in [0, 0.1) is 22.9 Å². The average Bonchev–Trinajstić information content (AvgIpc) is 2.41. The Balaban J connectivity index is 2.21. The van der Waals surface area contributed by atoms with E-state index in [-0.39, 0.29) is 15.7 Å². The Bertz CT molecular complexity index is 734. The minimum Gasteiger partial charge on any atom is -0.322 e. The number of aryl methyl sites for hydroxylation is 1. The molecule has 0 atom stereocenters. The fourth-order valence-electron chi connectivity index (χ4n) is 1.78. The normalized spacial score (nSPS) is 10.2. The van der Waals surface area contributed by atoms with Crippen molar-refractivity contribution in [2.75, 3.05) is 5.32 Å². The van der Waals surface area contributed by atoms with E-state index in [4.69, 9.17) is 0 Å². The fraction of sp³-hybridized carbons (Fsp3) is 0.0714. The van der Waals surface area contributed by atoms with Crippen molar-refractivity contribution in [2.45, 2.75) is 6.92 Å². The highest BCUT2D eigenvalue weighted by Gasteiger charge is 2.13. The van der Waals surface area contributed by atoms with E-state index in [9.17, 15) is 19.3 Å². The average molecular weight is 353 g/mol. The zero-order chi connectivity index (χ0) is 15.6. The molecule has 0 unspecified atom stereocenters. The predicted molar refractivity (Wildman–Crippen MR) is 79.9 cm³/mol. The SMILES string of the molecule is Cc1cc(NC(=O)c2ccc(Br)c(F)c2)ccc1[N+](=O)[O-]. The number of rotatable bonds is 3. The Hall–Kier alpha value is -2.28. The highest BCUT2D eigenvalue weighted by Crippen LogP contribution is 2.22. The summed E-state index contributed by atoms with van der Waals surface area (Å²) in [7, 11) is 0. The highest BCUT2D eigenvalue weighted by atomic mass is 79.9. The fourth-order valence-corrected chi connectivity index (χ4v) is 2.03. The van der Waals surface area contributed by atoms with Crippen LogP contribution in [0.2, 0.25) is 0 Å². The second kappa shape index (κ2) is 6.01. The molecule has 0 radical (unpaired) electrons. The molecule has 0 heterocycles. The van der Waals surface area contributed by atoms with Crippen molar-refractivity contribution < 1.29 is 14.1 Å². The van der Waals surface area contributed by atoms with Crippen LogP contribution in [-0.4, -0.2) is 10.8 Å². The van der Waals surface area contributed by atoms with Crippen molar-refractivity contribution in [1.29, 1.82) is 0 Å². The van der Waals surface area contributed by atoms with Gasteiger partial charge in [0.1, 0.15) is 5.82 Å². The van der Waals surface area contributed by atoms with E-state index in [1.807, 2.05) is 0 Å². The van der Waals surface area contributed by atoms with Gasteiger partial charge in [0.05, 0.1) is 9.40 Å². The van der Waals surface area contributed by atoms with Gasteiger partial charge in [-0.05, 0) is 53.2 Å². The molecular formula is C14H10BrFN2O3. The number of carbonyl (C=O) groups is 1. The largest absolute Gasteiger partial charge is 0.322 e. The van der Waals surface area contributed by atoms with E-state index < -0.39 is 16.6 Å². The number of nitrogens with one attached hydrogen (secondary N) is 1. The molecule has 0 saturated heterocycles. The molecule has 0 aliphatic carbocycles. The van der Waals surface area contributed by atoms with Gasteiger partial charge in [-0.3, -0.25) is 14.9 Å². The third kappa shape index (κ3) is 3.43. The summed E-state index contributed by atoms with van der Waals surface area (Å²) in [6, 6.07) is 8.25. The standard InChI is InChI=1S/C14H10BrFN2O3/c1-8-6-10(3-5-13(8)18(20)21)17-14(19)9-2-4-11(15)12(16)7-9/h2-7H,1H3,(H,17,19). The minimum atomic E-state index is -0.539. The summed E-state index contributed by atoms with van der Waals surface area (Å²) in [6.07, 6.45) is 0. The molecular weight excluding hydrogens is 343 g/mol. The number of anilines is 1. The zero-order valence-corrected chi connectivity index (χ0v) is 12.5. The molecule has 0 aliphatic heterocycles. The lowest BCUT2D eigenvalue weighted by Gasteiger charge is -2.07. The summed E-state index contributed by atoms with van der Waals surface area (Å²) >= 11 is 3.01. The number of nitro groups is 1. The smallest absolute Gasteiger partial charge is 0.272 e. The van der Waals surface area contributed by atoms with Gasteiger partial charge in [0, 0.05) is 22.9 Å². The van der Waals surface area contributed by atoms with E-state index in [0.717, 1.165) is 6.07 Å². The Kier molecular flexibility index (Phi) is 4.32. The monoisotopic (exact) mass is 352 g/mol. The number of nitro benzene ring substituents is 1. The van der Waals surface area contributed by atoms with Gasteiger partial charge in [0.2, 0.25) is 0 Å². The minimum absolute atomic E-state index is 0.0253. The molecule has 2 aromatic carbocycles. The van der Waals surface area contributed by atoms with Crippen molar-refractivity contribution in [1.82, 2.24) is 0 Å². The highest BCUT2D eigenvalue weighted by molar-refractivity contribution is 9.10. The first kappa shape index (κ1) is 15.1. The van der Waals surface area contributed by atoms with Gasteiger partial charge in [-0.2, -0.15) is 0 Å². The number of benzene rings is 2. The summed E-state index contributed by atoms with van der Waals surface area (Å²) in [5.41, 5.74) is 0.973. The van der Waals surface area contributed by atoms with E-state index in [1.54, 1.807) is 6.92 Å². The molecule has 0 fully saturated rings. The number of halogens is 2. The van der Waals surface area contributed by atoms with Crippen molar-refractivity contribution in [2.24, 2.45) is 0 Å². The van der Waals surface area contributed by atoms with Gasteiger partial charge in [-0.1, -0.05) is 0 Å². The van der Waals surface area contributed by atoms with Crippen molar-refractivity contribution in [3.63, 3.8) is 0 Å². The van der Waals surface area contributed by atoms with Crippen LogP contribution in [-0.2, 0) is 0 Å². The molecule has 1 amide bonds. The molecule has 0 aromatic heterocycles. The molecule has 7 heteroatoms. The number of amides is 1. The predicted octanol–water partition coefficient (Wildman–Crippen LogP) is 4.06. The number of carbonyl (C=O) groups excluding carboxylic acids is 1. The van der Waals surface area contributed by atoms with Gasteiger partial charge in [-0.15, -0.1) is 0 Å². The van der Waals surface area contributed by atoms with Crippen LogP contribution in [0.25, 0.3) is 0 Å². The topological polar surface area (TPSA) is 72.2 Å². The number of nitrogens with zero attached hydrogens (tertiary/aromatic N) is 1. The molecule has 2 rings (SSSR count). The van der Waals surface area contributed by atoms with Crippen molar-refractivity contribution >= 4 is 33.2 Å². The Morgan fingerprint density at radius 3 is 2.57 bits per heavy atom. The van der Waals surface area contributed by atoms with Crippen LogP contribution in [0.3, 0.4) is 0 Å². The quantitative estimate of drug-likeness (QED) is 0.668. The van der Waals surface area contributed by atoms with E-state index in [1.165, 1.54) is 30.3 Å².